The number of ether oxygens (including phenoxy) is 1. The molecule has 2 N–H and O–H groups in total. The van der Waals surface area contributed by atoms with E-state index in [1.54, 1.807) is 40.1 Å². The van der Waals surface area contributed by atoms with Crippen LogP contribution in [-0.4, -0.2) is 89.0 Å². The molecule has 2 aromatic rings. The van der Waals surface area contributed by atoms with Gasteiger partial charge in [0.1, 0.15) is 5.75 Å². The number of carbonyl (C=O) groups is 3. The average Bonchev–Trinajstić information content (AvgIpc) is 2.91. The number of carbonyl (C=O) groups excluding carboxylic acids is 2. The highest BCUT2D eigenvalue weighted by molar-refractivity contribution is 5.94. The van der Waals surface area contributed by atoms with Gasteiger partial charge in [0.05, 0.1) is 6.04 Å². The average molecular weight is 577 g/mol. The van der Waals surface area contributed by atoms with Gasteiger partial charge in [0.2, 0.25) is 0 Å². The Balaban J connectivity index is 1.55. The SMILES string of the molecule is CC(C)(C)C1CN(C(=O)N2CC(NC(=O)c3ccccc3)CC(c3ccc(OC(F)(F)F)cc3)C2)CCN1C(=O)O. The number of nitrogens with zero attached hydrogens (tertiary/aromatic N) is 3. The molecular weight excluding hydrogens is 541 g/mol. The summed E-state index contributed by atoms with van der Waals surface area (Å²) in [5.74, 6) is -0.906. The van der Waals surface area contributed by atoms with Gasteiger partial charge in [0.15, 0.2) is 0 Å². The van der Waals surface area contributed by atoms with E-state index in [4.69, 9.17) is 0 Å². The van der Waals surface area contributed by atoms with Crippen LogP contribution in [0.2, 0.25) is 0 Å². The zero-order valence-electron chi connectivity index (χ0n) is 23.2. The maximum absolute atomic E-state index is 13.8. The van der Waals surface area contributed by atoms with E-state index in [2.05, 4.69) is 10.1 Å². The first-order valence-corrected chi connectivity index (χ1v) is 13.5. The number of hydrogen-bond acceptors (Lipinski definition) is 4. The molecule has 2 aliphatic heterocycles. The molecule has 2 aliphatic rings. The topological polar surface area (TPSA) is 102 Å². The minimum absolute atomic E-state index is 0.176. The van der Waals surface area contributed by atoms with Crippen LogP contribution in [0.4, 0.5) is 22.8 Å². The number of nitrogens with one attached hydrogen (secondary N) is 1. The number of carboxylic acid groups (broad SMARTS) is 1. The largest absolute Gasteiger partial charge is 0.573 e. The number of rotatable bonds is 4. The predicted octanol–water partition coefficient (Wildman–Crippen LogP) is 5.00. The van der Waals surface area contributed by atoms with Crippen molar-refractivity contribution in [2.75, 3.05) is 32.7 Å². The number of piperazine rings is 1. The molecule has 3 unspecified atom stereocenters. The van der Waals surface area contributed by atoms with Gasteiger partial charge in [-0.3, -0.25) is 4.79 Å². The molecule has 4 amide bonds. The summed E-state index contributed by atoms with van der Waals surface area (Å²) in [4.78, 5) is 43.3. The Morgan fingerprint density at radius 1 is 0.902 bits per heavy atom. The smallest absolute Gasteiger partial charge is 0.465 e. The Hall–Kier alpha value is -3.96. The van der Waals surface area contributed by atoms with Gasteiger partial charge >= 0.3 is 18.5 Å². The third kappa shape index (κ3) is 7.62. The van der Waals surface area contributed by atoms with Gasteiger partial charge in [-0.1, -0.05) is 51.1 Å². The van der Waals surface area contributed by atoms with Gasteiger partial charge < -0.3 is 29.9 Å². The summed E-state index contributed by atoms with van der Waals surface area (Å²) in [7, 11) is 0. The molecule has 4 rings (SSSR count). The van der Waals surface area contributed by atoms with Crippen molar-refractivity contribution >= 4 is 18.0 Å². The normalized spacial score (nSPS) is 21.8. The minimum atomic E-state index is -4.81. The van der Waals surface area contributed by atoms with Crippen molar-refractivity contribution in [2.24, 2.45) is 5.41 Å². The molecule has 2 heterocycles. The number of amides is 4. The fourth-order valence-electron chi connectivity index (χ4n) is 5.53. The van der Waals surface area contributed by atoms with E-state index in [0.717, 1.165) is 0 Å². The van der Waals surface area contributed by atoms with Crippen molar-refractivity contribution in [3.63, 3.8) is 0 Å². The zero-order chi connectivity index (χ0) is 29.9. The highest BCUT2D eigenvalue weighted by atomic mass is 19.4. The van der Waals surface area contributed by atoms with Crippen LogP contribution in [0, 0.1) is 5.41 Å². The van der Waals surface area contributed by atoms with Crippen molar-refractivity contribution in [3.05, 3.63) is 65.7 Å². The maximum atomic E-state index is 13.8. The lowest BCUT2D eigenvalue weighted by molar-refractivity contribution is -0.274. The number of piperidine rings is 1. The maximum Gasteiger partial charge on any atom is 0.573 e. The van der Waals surface area contributed by atoms with Gasteiger partial charge in [-0.15, -0.1) is 13.2 Å². The first-order valence-electron chi connectivity index (χ1n) is 13.5. The van der Waals surface area contributed by atoms with Crippen molar-refractivity contribution in [1.82, 2.24) is 20.0 Å². The number of alkyl halides is 3. The molecule has 2 saturated heterocycles. The van der Waals surface area contributed by atoms with Crippen molar-refractivity contribution in [2.45, 2.75) is 51.6 Å². The molecular formula is C29H35F3N4O5. The lowest BCUT2D eigenvalue weighted by Gasteiger charge is -2.48. The summed E-state index contributed by atoms with van der Waals surface area (Å²) < 4.78 is 41.9. The molecule has 9 nitrogen and oxygen atoms in total. The molecule has 12 heteroatoms. The van der Waals surface area contributed by atoms with Crippen LogP contribution in [-0.2, 0) is 0 Å². The van der Waals surface area contributed by atoms with E-state index in [9.17, 15) is 32.7 Å². The van der Waals surface area contributed by atoms with Crippen LogP contribution in [0.1, 0.15) is 49.0 Å². The van der Waals surface area contributed by atoms with Gasteiger partial charge in [-0.25, -0.2) is 9.59 Å². The summed E-state index contributed by atoms with van der Waals surface area (Å²) in [5, 5.41) is 12.7. The van der Waals surface area contributed by atoms with Crippen molar-refractivity contribution in [3.8, 4) is 5.75 Å². The third-order valence-electron chi connectivity index (χ3n) is 7.57. The summed E-state index contributed by atoms with van der Waals surface area (Å²) >= 11 is 0. The Bertz CT molecular complexity index is 1230. The highest BCUT2D eigenvalue weighted by Crippen LogP contribution is 2.32. The number of urea groups is 1. The van der Waals surface area contributed by atoms with Gasteiger partial charge in [0, 0.05) is 50.2 Å². The number of benzene rings is 2. The predicted molar refractivity (Wildman–Crippen MR) is 145 cm³/mol. The van der Waals surface area contributed by atoms with Crippen LogP contribution in [0.5, 0.6) is 5.75 Å². The van der Waals surface area contributed by atoms with E-state index >= 15 is 0 Å². The second-order valence-electron chi connectivity index (χ2n) is 11.6. The standard InChI is InChI=1S/C29H35F3N4O5/c1-28(2,3)24-18-34(13-14-36(24)27(39)40)26(38)35-16-21(19-9-11-23(12-10-19)41-29(30,31)32)15-22(17-35)33-25(37)20-7-5-4-6-8-20/h4-12,21-22,24H,13-18H2,1-3H3,(H,33,37)(H,39,40). The van der Waals surface area contributed by atoms with Crippen molar-refractivity contribution in [1.29, 1.82) is 0 Å². The molecule has 0 bridgehead atoms. The van der Waals surface area contributed by atoms with E-state index in [-0.39, 0.29) is 56.3 Å². The molecule has 2 fully saturated rings. The fraction of sp³-hybridized carbons (Fsp3) is 0.483. The van der Waals surface area contributed by atoms with Gasteiger partial charge in [-0.2, -0.15) is 0 Å². The lowest BCUT2D eigenvalue weighted by Crippen LogP contribution is -2.63. The van der Waals surface area contributed by atoms with E-state index in [0.29, 0.717) is 17.5 Å². The molecule has 0 radical (unpaired) electrons. The van der Waals surface area contributed by atoms with Gasteiger partial charge in [0.25, 0.3) is 5.91 Å². The zero-order valence-corrected chi connectivity index (χ0v) is 23.2. The van der Waals surface area contributed by atoms with E-state index in [1.165, 1.54) is 29.2 Å². The molecule has 0 saturated carbocycles. The van der Waals surface area contributed by atoms with Crippen LogP contribution >= 0.6 is 0 Å². The fourth-order valence-corrected chi connectivity index (χ4v) is 5.53. The first-order chi connectivity index (χ1) is 19.2. The monoisotopic (exact) mass is 576 g/mol. The first kappa shape index (κ1) is 30.0. The summed E-state index contributed by atoms with van der Waals surface area (Å²) in [5.41, 5.74) is 0.770. The molecule has 0 aliphatic carbocycles. The Labute approximate surface area is 236 Å². The number of halogens is 3. The van der Waals surface area contributed by atoms with Gasteiger partial charge in [-0.05, 0) is 41.7 Å². The lowest BCUT2D eigenvalue weighted by atomic mass is 9.84. The summed E-state index contributed by atoms with van der Waals surface area (Å²) in [6.07, 6.45) is -5.37. The Morgan fingerprint density at radius 3 is 2.15 bits per heavy atom. The number of likely N-dealkylation sites (tertiary alicyclic amines) is 1. The molecule has 41 heavy (non-hydrogen) atoms. The summed E-state index contributed by atoms with van der Waals surface area (Å²) in [6, 6.07) is 13.1. The molecule has 0 spiro atoms. The summed E-state index contributed by atoms with van der Waals surface area (Å²) in [6.45, 7) is 6.94. The van der Waals surface area contributed by atoms with Crippen molar-refractivity contribution < 1.29 is 37.4 Å². The van der Waals surface area contributed by atoms with Crippen LogP contribution in [0.25, 0.3) is 0 Å². The quantitative estimate of drug-likeness (QED) is 0.533. The number of hydrogen-bond donors (Lipinski definition) is 2. The highest BCUT2D eigenvalue weighted by Gasteiger charge is 2.41. The van der Waals surface area contributed by atoms with Crippen LogP contribution in [0.3, 0.4) is 0 Å². The van der Waals surface area contributed by atoms with E-state index < -0.39 is 30.0 Å². The van der Waals surface area contributed by atoms with Crippen LogP contribution in [0.15, 0.2) is 54.6 Å². The minimum Gasteiger partial charge on any atom is -0.465 e. The van der Waals surface area contributed by atoms with Crippen LogP contribution < -0.4 is 10.1 Å². The Kier molecular flexibility index (Phi) is 8.69. The second-order valence-corrected chi connectivity index (χ2v) is 11.6. The molecule has 2 aromatic carbocycles. The second kappa shape index (κ2) is 11.9. The molecule has 3 atom stereocenters. The Morgan fingerprint density at radius 2 is 1.56 bits per heavy atom. The van der Waals surface area contributed by atoms with E-state index in [1.807, 2.05) is 20.8 Å². The molecule has 0 aromatic heterocycles. The third-order valence-corrected chi connectivity index (χ3v) is 7.57. The molecule has 222 valence electrons.